The number of aromatic nitrogens is 1. The molecule has 0 N–H and O–H groups in total. The summed E-state index contributed by atoms with van der Waals surface area (Å²) in [6, 6.07) is 5.65. The molecule has 2 rings (SSSR count). The number of benzene rings is 1. The van der Waals surface area contributed by atoms with Crippen molar-refractivity contribution >= 4 is 52.7 Å². The van der Waals surface area contributed by atoms with Gasteiger partial charge < -0.3 is 4.74 Å². The summed E-state index contributed by atoms with van der Waals surface area (Å²) in [5.41, 5.74) is -0.0243. The SMILES string of the molecule is CS(C)(C)CCOCn1cc(Br)c2cc(Br)ccc2c1=O. The fourth-order valence-corrected chi connectivity index (χ4v) is 3.44. The lowest BCUT2D eigenvalue weighted by Gasteiger charge is -2.24. The molecule has 0 radical (unpaired) electrons. The van der Waals surface area contributed by atoms with Crippen molar-refractivity contribution in [2.45, 2.75) is 6.73 Å². The topological polar surface area (TPSA) is 31.2 Å². The Bertz CT molecular complexity index is 707. The van der Waals surface area contributed by atoms with Crippen LogP contribution in [0.2, 0.25) is 0 Å². The highest BCUT2D eigenvalue weighted by Crippen LogP contribution is 2.33. The van der Waals surface area contributed by atoms with Crippen LogP contribution in [0.4, 0.5) is 0 Å². The standard InChI is InChI=1S/C15H19Br2NO2S/c1-21(2,3)7-6-20-10-18-9-14(17)13-8-11(16)4-5-12(13)15(18)19/h4-5,8-9H,6-7,10H2,1-3H3. The van der Waals surface area contributed by atoms with E-state index in [4.69, 9.17) is 4.74 Å². The van der Waals surface area contributed by atoms with Gasteiger partial charge in [-0.1, -0.05) is 15.9 Å². The number of hydrogen-bond donors (Lipinski definition) is 0. The molecule has 6 heteroatoms. The zero-order chi connectivity index (χ0) is 15.6. The van der Waals surface area contributed by atoms with Crippen molar-refractivity contribution in [3.05, 3.63) is 43.7 Å². The summed E-state index contributed by atoms with van der Waals surface area (Å²) in [5.74, 6) is 1.05. The molecule has 0 aliphatic rings. The van der Waals surface area contributed by atoms with Crippen molar-refractivity contribution < 1.29 is 4.74 Å². The molecule has 1 aromatic carbocycles. The third kappa shape index (κ3) is 4.58. The Kier molecular flexibility index (Phi) is 5.57. The monoisotopic (exact) mass is 435 g/mol. The summed E-state index contributed by atoms with van der Waals surface area (Å²) in [7, 11) is -0.563. The molecular formula is C15H19Br2NO2S. The van der Waals surface area contributed by atoms with Crippen LogP contribution < -0.4 is 5.56 Å². The maximum absolute atomic E-state index is 12.4. The Morgan fingerprint density at radius 2 is 1.90 bits per heavy atom. The first-order chi connectivity index (χ1) is 9.78. The van der Waals surface area contributed by atoms with E-state index in [1.807, 2.05) is 18.2 Å². The van der Waals surface area contributed by atoms with Crippen LogP contribution in [0.15, 0.2) is 38.1 Å². The van der Waals surface area contributed by atoms with Gasteiger partial charge in [0, 0.05) is 31.7 Å². The first kappa shape index (κ1) is 17.1. The fourth-order valence-electron chi connectivity index (χ4n) is 1.89. The normalized spacial score (nSPS) is 12.8. The first-order valence-corrected chi connectivity index (χ1v) is 11.1. The van der Waals surface area contributed by atoms with Crippen LogP contribution in [-0.2, 0) is 11.5 Å². The molecule has 2 aromatic rings. The van der Waals surface area contributed by atoms with E-state index in [1.54, 1.807) is 10.8 Å². The highest BCUT2D eigenvalue weighted by molar-refractivity contribution is 9.11. The van der Waals surface area contributed by atoms with Gasteiger partial charge in [0.2, 0.25) is 0 Å². The fraction of sp³-hybridized carbons (Fsp3) is 0.400. The highest BCUT2D eigenvalue weighted by Gasteiger charge is 2.08. The largest absolute Gasteiger partial charge is 0.360 e. The van der Waals surface area contributed by atoms with E-state index in [1.165, 1.54) is 0 Å². The highest BCUT2D eigenvalue weighted by atomic mass is 79.9. The summed E-state index contributed by atoms with van der Waals surface area (Å²) < 4.78 is 9.12. The molecule has 116 valence electrons. The second-order valence-electron chi connectivity index (χ2n) is 5.77. The maximum Gasteiger partial charge on any atom is 0.260 e. The van der Waals surface area contributed by atoms with Gasteiger partial charge in [0.25, 0.3) is 5.56 Å². The van der Waals surface area contributed by atoms with Crippen LogP contribution in [-0.4, -0.2) is 35.7 Å². The molecule has 3 nitrogen and oxygen atoms in total. The lowest BCUT2D eigenvalue weighted by molar-refractivity contribution is 0.0874. The molecule has 0 aliphatic carbocycles. The van der Waals surface area contributed by atoms with E-state index in [2.05, 4.69) is 50.6 Å². The van der Waals surface area contributed by atoms with Crippen LogP contribution in [0, 0.1) is 0 Å². The summed E-state index contributed by atoms with van der Waals surface area (Å²) in [6.45, 7) is 0.972. The van der Waals surface area contributed by atoms with Crippen LogP contribution in [0.1, 0.15) is 0 Å². The molecule has 0 aliphatic heterocycles. The van der Waals surface area contributed by atoms with Gasteiger partial charge in [-0.3, -0.25) is 9.36 Å². The number of fused-ring (bicyclic) bond motifs is 1. The molecule has 0 atom stereocenters. The predicted molar refractivity (Wildman–Crippen MR) is 99.8 cm³/mol. The molecule has 0 fully saturated rings. The zero-order valence-corrected chi connectivity index (χ0v) is 16.3. The van der Waals surface area contributed by atoms with E-state index in [0.717, 1.165) is 20.1 Å². The molecule has 0 saturated heterocycles. The minimum absolute atomic E-state index is 0.0243. The quantitative estimate of drug-likeness (QED) is 0.657. The summed E-state index contributed by atoms with van der Waals surface area (Å²) in [4.78, 5) is 12.4. The molecule has 0 bridgehead atoms. The van der Waals surface area contributed by atoms with Crippen molar-refractivity contribution in [1.82, 2.24) is 4.57 Å². The number of nitrogens with zero attached hydrogens (tertiary/aromatic N) is 1. The van der Waals surface area contributed by atoms with Crippen molar-refractivity contribution in [2.75, 3.05) is 31.1 Å². The second kappa shape index (κ2) is 6.86. The molecule has 0 spiro atoms. The third-order valence-corrected chi connectivity index (χ3v) is 5.59. The summed E-state index contributed by atoms with van der Waals surface area (Å²) in [5, 5.41) is 1.60. The van der Waals surface area contributed by atoms with E-state index >= 15 is 0 Å². The maximum atomic E-state index is 12.4. The minimum atomic E-state index is -0.563. The Morgan fingerprint density at radius 3 is 2.57 bits per heavy atom. The molecule has 0 saturated carbocycles. The number of pyridine rings is 1. The smallest absolute Gasteiger partial charge is 0.260 e. The van der Waals surface area contributed by atoms with Crippen LogP contribution in [0.25, 0.3) is 10.8 Å². The van der Waals surface area contributed by atoms with E-state index in [9.17, 15) is 4.79 Å². The van der Waals surface area contributed by atoms with Crippen molar-refractivity contribution in [1.29, 1.82) is 0 Å². The molecule has 0 amide bonds. The zero-order valence-electron chi connectivity index (χ0n) is 12.4. The number of rotatable bonds is 5. The molecule has 1 heterocycles. The van der Waals surface area contributed by atoms with Crippen molar-refractivity contribution in [2.24, 2.45) is 0 Å². The van der Waals surface area contributed by atoms with Gasteiger partial charge in [0.15, 0.2) is 0 Å². The Morgan fingerprint density at radius 1 is 1.19 bits per heavy atom. The second-order valence-corrected chi connectivity index (χ2v) is 12.1. The Balaban J connectivity index is 2.20. The van der Waals surface area contributed by atoms with Crippen LogP contribution in [0.5, 0.6) is 0 Å². The lowest BCUT2D eigenvalue weighted by atomic mass is 10.2. The van der Waals surface area contributed by atoms with Gasteiger partial charge in [0.1, 0.15) is 6.73 Å². The predicted octanol–water partition coefficient (Wildman–Crippen LogP) is 4.19. The molecule has 1 aromatic heterocycles. The average Bonchev–Trinajstić information content (AvgIpc) is 2.39. The number of hydrogen-bond acceptors (Lipinski definition) is 2. The van der Waals surface area contributed by atoms with Gasteiger partial charge >= 0.3 is 0 Å². The van der Waals surface area contributed by atoms with Crippen LogP contribution >= 0.6 is 41.9 Å². The van der Waals surface area contributed by atoms with Gasteiger partial charge in [-0.05, 0) is 52.9 Å². The summed E-state index contributed by atoms with van der Waals surface area (Å²) in [6.07, 6.45) is 8.56. The van der Waals surface area contributed by atoms with Gasteiger partial charge in [-0.15, -0.1) is 0 Å². The minimum Gasteiger partial charge on any atom is -0.360 e. The van der Waals surface area contributed by atoms with Gasteiger partial charge in [-0.2, -0.15) is 0 Å². The first-order valence-electron chi connectivity index (χ1n) is 6.50. The van der Waals surface area contributed by atoms with Gasteiger partial charge in [0.05, 0.1) is 6.61 Å². The molecular weight excluding hydrogens is 418 g/mol. The Hall–Kier alpha value is -0.300. The van der Waals surface area contributed by atoms with E-state index < -0.39 is 10.0 Å². The van der Waals surface area contributed by atoms with Crippen molar-refractivity contribution in [3.8, 4) is 0 Å². The number of ether oxygens (including phenoxy) is 1. The number of halogens is 2. The van der Waals surface area contributed by atoms with Crippen LogP contribution in [0.3, 0.4) is 0 Å². The van der Waals surface area contributed by atoms with Gasteiger partial charge in [-0.25, -0.2) is 10.0 Å². The van der Waals surface area contributed by atoms with Crippen molar-refractivity contribution in [3.63, 3.8) is 0 Å². The van der Waals surface area contributed by atoms with E-state index in [0.29, 0.717) is 18.7 Å². The third-order valence-electron chi connectivity index (χ3n) is 3.07. The molecule has 21 heavy (non-hydrogen) atoms. The molecule has 0 unspecified atom stereocenters. The lowest BCUT2D eigenvalue weighted by Crippen LogP contribution is -2.22. The summed E-state index contributed by atoms with van der Waals surface area (Å²) >= 11 is 6.95. The Labute approximate surface area is 143 Å². The average molecular weight is 437 g/mol. The van der Waals surface area contributed by atoms with E-state index in [-0.39, 0.29) is 5.56 Å².